The van der Waals surface area contributed by atoms with E-state index in [1.807, 2.05) is 31.2 Å². The minimum absolute atomic E-state index is 0.421. The van der Waals surface area contributed by atoms with Gasteiger partial charge in [-0.1, -0.05) is 110 Å². The van der Waals surface area contributed by atoms with Crippen molar-refractivity contribution < 1.29 is 0 Å². The number of hydrogen-bond donors (Lipinski definition) is 3. The molecule has 0 fully saturated rings. The molecule has 47 heavy (non-hydrogen) atoms. The summed E-state index contributed by atoms with van der Waals surface area (Å²) in [5.41, 5.74) is 28.4. The van der Waals surface area contributed by atoms with Crippen molar-refractivity contribution in [2.75, 3.05) is 6.54 Å². The summed E-state index contributed by atoms with van der Waals surface area (Å²) in [6.07, 6.45) is 16.0. The van der Waals surface area contributed by atoms with Gasteiger partial charge in [0.25, 0.3) is 0 Å². The molecule has 0 aliphatic heterocycles. The van der Waals surface area contributed by atoms with Crippen LogP contribution in [-0.2, 0) is 6.42 Å². The lowest BCUT2D eigenvalue weighted by atomic mass is 9.96. The van der Waals surface area contributed by atoms with Gasteiger partial charge >= 0.3 is 0 Å². The third-order valence-electron chi connectivity index (χ3n) is 8.60. The van der Waals surface area contributed by atoms with Gasteiger partial charge in [0.15, 0.2) is 0 Å². The van der Waals surface area contributed by atoms with Crippen molar-refractivity contribution in [3.63, 3.8) is 0 Å². The number of nitrogens with zero attached hydrogens (tertiary/aromatic N) is 1. The highest BCUT2D eigenvalue weighted by molar-refractivity contribution is 6.19. The van der Waals surface area contributed by atoms with E-state index in [1.54, 1.807) is 12.3 Å². The van der Waals surface area contributed by atoms with Gasteiger partial charge in [0.2, 0.25) is 0 Å². The fourth-order valence-corrected chi connectivity index (χ4v) is 6.29. The van der Waals surface area contributed by atoms with Crippen LogP contribution in [0.1, 0.15) is 18.1 Å². The Balaban J connectivity index is 1.45. The molecule has 1 heterocycles. The second-order valence-corrected chi connectivity index (χ2v) is 11.5. The highest BCUT2D eigenvalue weighted by Crippen LogP contribution is 2.38. The largest absolute Gasteiger partial charge is 0.405 e. The van der Waals surface area contributed by atoms with Crippen LogP contribution in [0.15, 0.2) is 170 Å². The average molecular weight is 613 g/mol. The van der Waals surface area contributed by atoms with Crippen molar-refractivity contribution in [1.29, 1.82) is 0 Å². The monoisotopic (exact) mass is 612 g/mol. The van der Waals surface area contributed by atoms with E-state index in [1.165, 1.54) is 49.3 Å². The molecule has 4 heteroatoms. The van der Waals surface area contributed by atoms with E-state index in [0.717, 1.165) is 28.8 Å². The first-order chi connectivity index (χ1) is 23.1. The van der Waals surface area contributed by atoms with Crippen LogP contribution in [0.25, 0.3) is 55.0 Å². The van der Waals surface area contributed by atoms with Crippen LogP contribution in [0.4, 0.5) is 0 Å². The molecule has 0 saturated heterocycles. The van der Waals surface area contributed by atoms with Crippen LogP contribution in [0.2, 0.25) is 0 Å². The first-order valence-corrected chi connectivity index (χ1v) is 15.9. The van der Waals surface area contributed by atoms with Crippen LogP contribution >= 0.6 is 0 Å². The maximum absolute atomic E-state index is 6.22. The molecule has 0 aliphatic carbocycles. The number of fused-ring (bicyclic) bond motifs is 5. The molecule has 6 rings (SSSR count). The summed E-state index contributed by atoms with van der Waals surface area (Å²) in [6, 6.07) is 37.3. The number of para-hydroxylation sites is 1. The second kappa shape index (κ2) is 14.1. The molecule has 4 nitrogen and oxygen atoms in total. The van der Waals surface area contributed by atoms with Crippen molar-refractivity contribution >= 4 is 38.2 Å². The van der Waals surface area contributed by atoms with Gasteiger partial charge in [-0.3, -0.25) is 0 Å². The average Bonchev–Trinajstić information content (AvgIpc) is 3.45. The van der Waals surface area contributed by atoms with E-state index < -0.39 is 0 Å². The lowest BCUT2D eigenvalue weighted by molar-refractivity contribution is 1.18. The molecule has 232 valence electrons. The Morgan fingerprint density at radius 1 is 0.830 bits per heavy atom. The number of benzene rings is 5. The molecular weight excluding hydrogens is 573 g/mol. The zero-order valence-corrected chi connectivity index (χ0v) is 26.7. The van der Waals surface area contributed by atoms with Crippen molar-refractivity contribution in [3.05, 3.63) is 181 Å². The molecule has 0 radical (unpaired) electrons. The van der Waals surface area contributed by atoms with Crippen LogP contribution in [0, 0.1) is 0 Å². The molecule has 6 N–H and O–H groups in total. The summed E-state index contributed by atoms with van der Waals surface area (Å²) in [6.45, 7) is 6.29. The van der Waals surface area contributed by atoms with Gasteiger partial charge < -0.3 is 21.8 Å². The Morgan fingerprint density at radius 3 is 2.38 bits per heavy atom. The molecule has 1 aromatic heterocycles. The maximum atomic E-state index is 6.22. The van der Waals surface area contributed by atoms with E-state index in [4.69, 9.17) is 17.2 Å². The zero-order valence-electron chi connectivity index (χ0n) is 26.7. The highest BCUT2D eigenvalue weighted by Gasteiger charge is 2.16. The van der Waals surface area contributed by atoms with Gasteiger partial charge in [0.05, 0.1) is 11.0 Å². The molecule has 5 aromatic carbocycles. The highest BCUT2D eigenvalue weighted by atomic mass is 15.0. The molecule has 0 spiro atoms. The van der Waals surface area contributed by atoms with Gasteiger partial charge in [-0.15, -0.1) is 0 Å². The lowest BCUT2D eigenvalue weighted by Gasteiger charge is -2.12. The number of nitrogens with two attached hydrogens (primary N) is 3. The van der Waals surface area contributed by atoms with Gasteiger partial charge in [0.1, 0.15) is 0 Å². The van der Waals surface area contributed by atoms with E-state index in [-0.39, 0.29) is 0 Å². The summed E-state index contributed by atoms with van der Waals surface area (Å²) < 4.78 is 2.41. The smallest absolute Gasteiger partial charge is 0.0619 e. The predicted octanol–water partition coefficient (Wildman–Crippen LogP) is 9.49. The van der Waals surface area contributed by atoms with Crippen molar-refractivity contribution in [1.82, 2.24) is 4.57 Å². The Labute approximate surface area is 276 Å². The third kappa shape index (κ3) is 6.32. The Kier molecular flexibility index (Phi) is 9.33. The van der Waals surface area contributed by atoms with Gasteiger partial charge in [-0.2, -0.15) is 0 Å². The summed E-state index contributed by atoms with van der Waals surface area (Å²) in [4.78, 5) is 0. The van der Waals surface area contributed by atoms with Gasteiger partial charge in [0, 0.05) is 34.1 Å². The second-order valence-electron chi connectivity index (χ2n) is 11.5. The summed E-state index contributed by atoms with van der Waals surface area (Å²) >= 11 is 0. The minimum Gasteiger partial charge on any atom is -0.405 e. The number of aromatic nitrogens is 1. The quantitative estimate of drug-likeness (QED) is 0.135. The standard InChI is InChI=1S/C43H40N4/c1-3-31(23-25-44)33-12-10-13-34(28-33)35-18-21-38-36(29-35)19-22-40-39-20-17-30(11-8-9-16-41(46)32(4-2)24-26-45)27-42(39)47(43(38)40)37-14-6-5-7-15-37/h3-10,12-25,27-29H,2,11,26,44-46H2,1H3/b9-8-,25-23-,31-3+,32-24+,41-16-. The van der Waals surface area contributed by atoms with Crippen LogP contribution < -0.4 is 17.2 Å². The first kappa shape index (κ1) is 31.2. The fraction of sp³-hybridized carbons (Fsp3) is 0.0698. The Hall–Kier alpha value is -5.84. The minimum atomic E-state index is 0.421. The van der Waals surface area contributed by atoms with Crippen molar-refractivity contribution in [2.45, 2.75) is 13.3 Å². The number of allylic oxidation sites excluding steroid dienone is 7. The SMILES string of the molecule is C=CC(=C\CN)/C(N)=C/C=C\Cc1ccc2c3ccc4cc(-c5cccc(C(/C=C\N)=C/C)c5)ccc4c3n(-c3ccccc3)c2c1. The van der Waals surface area contributed by atoms with E-state index >= 15 is 0 Å². The van der Waals surface area contributed by atoms with Crippen LogP contribution in [-0.4, -0.2) is 11.1 Å². The van der Waals surface area contributed by atoms with Crippen LogP contribution in [0.5, 0.6) is 0 Å². The Morgan fingerprint density at radius 2 is 1.62 bits per heavy atom. The topological polar surface area (TPSA) is 83.0 Å². The van der Waals surface area contributed by atoms with E-state index in [2.05, 4.69) is 126 Å². The predicted molar refractivity (Wildman–Crippen MR) is 203 cm³/mol. The number of rotatable bonds is 10. The van der Waals surface area contributed by atoms with E-state index in [9.17, 15) is 0 Å². The summed E-state index contributed by atoms with van der Waals surface area (Å²) in [5, 5.41) is 4.88. The Bertz CT molecular complexity index is 2240. The third-order valence-corrected chi connectivity index (χ3v) is 8.60. The molecule has 0 unspecified atom stereocenters. The summed E-state index contributed by atoms with van der Waals surface area (Å²) in [5.74, 6) is 0. The lowest BCUT2D eigenvalue weighted by Crippen LogP contribution is -2.02. The maximum Gasteiger partial charge on any atom is 0.0619 e. The summed E-state index contributed by atoms with van der Waals surface area (Å²) in [7, 11) is 0. The van der Waals surface area contributed by atoms with Gasteiger partial charge in [-0.25, -0.2) is 0 Å². The molecule has 0 amide bonds. The normalized spacial score (nSPS) is 13.1. The molecule has 0 bridgehead atoms. The van der Waals surface area contributed by atoms with E-state index in [0.29, 0.717) is 12.2 Å². The van der Waals surface area contributed by atoms with Crippen molar-refractivity contribution in [2.24, 2.45) is 17.2 Å². The molecule has 6 aromatic rings. The first-order valence-electron chi connectivity index (χ1n) is 15.9. The van der Waals surface area contributed by atoms with Crippen LogP contribution in [0.3, 0.4) is 0 Å². The molecule has 0 aliphatic rings. The molecule has 0 atom stereocenters. The number of hydrogen-bond acceptors (Lipinski definition) is 3. The van der Waals surface area contributed by atoms with Crippen molar-refractivity contribution in [3.8, 4) is 16.8 Å². The van der Waals surface area contributed by atoms with Gasteiger partial charge in [-0.05, 0) is 101 Å². The fourth-order valence-electron chi connectivity index (χ4n) is 6.29. The zero-order chi connectivity index (χ0) is 32.8. The molecular formula is C43H40N4. The molecule has 0 saturated carbocycles.